The predicted octanol–water partition coefficient (Wildman–Crippen LogP) is 2.32. The Morgan fingerprint density at radius 2 is 1.93 bits per heavy atom. The lowest BCUT2D eigenvalue weighted by Gasteiger charge is -2.07. The van der Waals surface area contributed by atoms with Gasteiger partial charge in [0, 0.05) is 17.5 Å². The first-order valence-electron chi connectivity index (χ1n) is 9.19. The van der Waals surface area contributed by atoms with E-state index in [9.17, 15) is 14.7 Å². The molecule has 2 aromatic carbocycles. The van der Waals surface area contributed by atoms with Crippen molar-refractivity contribution in [3.05, 3.63) is 76.3 Å². The molecule has 0 aliphatic heterocycles. The summed E-state index contributed by atoms with van der Waals surface area (Å²) < 4.78 is 1.58. The monoisotopic (exact) mass is 387 g/mol. The molecule has 1 amide bonds. The highest BCUT2D eigenvalue weighted by Gasteiger charge is 2.42. The van der Waals surface area contributed by atoms with E-state index in [0.29, 0.717) is 11.2 Å². The second kappa shape index (κ2) is 6.30. The zero-order chi connectivity index (χ0) is 20.1. The van der Waals surface area contributed by atoms with Crippen LogP contribution in [-0.4, -0.2) is 30.5 Å². The van der Waals surface area contributed by atoms with Crippen molar-refractivity contribution in [3.8, 4) is 17.1 Å². The van der Waals surface area contributed by atoms with Crippen LogP contribution in [0.15, 0.2) is 59.4 Å². The number of aromatic nitrogens is 4. The lowest BCUT2D eigenvalue weighted by atomic mass is 10.1. The predicted molar refractivity (Wildman–Crippen MR) is 107 cm³/mol. The summed E-state index contributed by atoms with van der Waals surface area (Å²) in [5.41, 5.74) is 7.34. The average Bonchev–Trinajstić information content (AvgIpc) is 3.43. The molecule has 0 spiro atoms. The highest BCUT2D eigenvalue weighted by atomic mass is 16.3. The van der Waals surface area contributed by atoms with Gasteiger partial charge in [-0.25, -0.2) is 14.8 Å². The number of fused-ring (bicyclic) bond motifs is 1. The number of rotatable bonds is 4. The van der Waals surface area contributed by atoms with Gasteiger partial charge in [0.1, 0.15) is 11.3 Å². The zero-order valence-electron chi connectivity index (χ0n) is 15.2. The van der Waals surface area contributed by atoms with E-state index in [1.54, 1.807) is 16.7 Å². The zero-order valence-corrected chi connectivity index (χ0v) is 15.2. The number of aromatic hydroxyl groups is 1. The van der Waals surface area contributed by atoms with Gasteiger partial charge in [-0.15, -0.1) is 0 Å². The van der Waals surface area contributed by atoms with Crippen LogP contribution in [0.1, 0.15) is 34.4 Å². The highest BCUT2D eigenvalue weighted by molar-refractivity contribution is 6.02. The summed E-state index contributed by atoms with van der Waals surface area (Å²) in [5.74, 6) is -0.303. The number of hydrogen-bond donors (Lipinski definition) is 3. The van der Waals surface area contributed by atoms with Gasteiger partial charge in [0.2, 0.25) is 0 Å². The van der Waals surface area contributed by atoms with E-state index in [-0.39, 0.29) is 40.4 Å². The maximum Gasteiger partial charge on any atom is 0.328 e. The van der Waals surface area contributed by atoms with Crippen LogP contribution in [0.4, 0.5) is 0 Å². The van der Waals surface area contributed by atoms with Crippen molar-refractivity contribution in [3.63, 3.8) is 0 Å². The van der Waals surface area contributed by atoms with E-state index in [0.717, 1.165) is 12.0 Å². The van der Waals surface area contributed by atoms with Crippen LogP contribution in [-0.2, 0) is 0 Å². The molecule has 2 aromatic heterocycles. The van der Waals surface area contributed by atoms with Gasteiger partial charge in [-0.1, -0.05) is 42.5 Å². The van der Waals surface area contributed by atoms with Gasteiger partial charge < -0.3 is 15.8 Å². The molecule has 1 fully saturated rings. The van der Waals surface area contributed by atoms with Crippen molar-refractivity contribution in [1.29, 1.82) is 0 Å². The van der Waals surface area contributed by atoms with Gasteiger partial charge in [-0.05, 0) is 24.1 Å². The number of hydrogen-bond acceptors (Lipinski definition) is 5. The van der Waals surface area contributed by atoms with Crippen LogP contribution in [0.3, 0.4) is 0 Å². The SMILES string of the molecule is NC(=O)c1nc(-c2cccc(O)c2)nc2c1[nH]c(=O)n2C1CC1c1ccccc1. The largest absolute Gasteiger partial charge is 0.508 e. The van der Waals surface area contributed by atoms with Crippen molar-refractivity contribution >= 4 is 17.1 Å². The second-order valence-electron chi connectivity index (χ2n) is 7.13. The molecule has 29 heavy (non-hydrogen) atoms. The number of nitrogens with two attached hydrogens (primary N) is 1. The standard InChI is InChI=1S/C21H17N5O3/c22-18(28)16-17-20(25-19(23-16)12-7-4-8-13(27)9-12)26(21(29)24-17)15-10-14(15)11-5-2-1-3-6-11/h1-9,14-15,27H,10H2,(H2,22,28)(H,24,29). The quantitative estimate of drug-likeness (QED) is 0.495. The van der Waals surface area contributed by atoms with Gasteiger partial charge in [0.05, 0.1) is 0 Å². The number of amides is 1. The van der Waals surface area contributed by atoms with Crippen LogP contribution >= 0.6 is 0 Å². The topological polar surface area (TPSA) is 127 Å². The number of phenolic OH excluding ortho intramolecular Hbond substituents is 1. The molecular formula is C21H17N5O3. The summed E-state index contributed by atoms with van der Waals surface area (Å²) in [6.45, 7) is 0. The maximum absolute atomic E-state index is 12.7. The van der Waals surface area contributed by atoms with Gasteiger partial charge in [-0.2, -0.15) is 0 Å². The number of H-pyrrole nitrogens is 1. The Bertz CT molecular complexity index is 1310. The van der Waals surface area contributed by atoms with E-state index in [1.165, 1.54) is 12.1 Å². The first kappa shape index (κ1) is 17.2. The highest BCUT2D eigenvalue weighted by Crippen LogP contribution is 2.51. The number of primary amides is 1. The number of imidazole rings is 1. The summed E-state index contributed by atoms with van der Waals surface area (Å²) >= 11 is 0. The molecule has 4 aromatic rings. The van der Waals surface area contributed by atoms with Crippen molar-refractivity contribution in [2.45, 2.75) is 18.4 Å². The molecule has 0 bridgehead atoms. The third-order valence-corrected chi connectivity index (χ3v) is 5.22. The molecular weight excluding hydrogens is 370 g/mol. The number of aromatic amines is 1. The molecule has 8 nitrogen and oxygen atoms in total. The summed E-state index contributed by atoms with van der Waals surface area (Å²) in [5, 5.41) is 9.78. The number of nitrogens with zero attached hydrogens (tertiary/aromatic N) is 3. The molecule has 1 saturated carbocycles. The lowest BCUT2D eigenvalue weighted by Crippen LogP contribution is -2.16. The lowest BCUT2D eigenvalue weighted by molar-refractivity contribution is 0.0997. The fraction of sp³-hybridized carbons (Fsp3) is 0.143. The number of carbonyl (C=O) groups excluding carboxylic acids is 1. The van der Waals surface area contributed by atoms with Gasteiger partial charge in [0.15, 0.2) is 17.2 Å². The molecule has 2 atom stereocenters. The third kappa shape index (κ3) is 2.85. The van der Waals surface area contributed by atoms with Crippen molar-refractivity contribution < 1.29 is 9.90 Å². The fourth-order valence-corrected chi connectivity index (χ4v) is 3.79. The number of benzene rings is 2. The molecule has 0 radical (unpaired) electrons. The second-order valence-corrected chi connectivity index (χ2v) is 7.13. The molecule has 1 aliphatic carbocycles. The van der Waals surface area contributed by atoms with Crippen molar-refractivity contribution in [2.24, 2.45) is 5.73 Å². The first-order valence-corrected chi connectivity index (χ1v) is 9.19. The molecule has 1 aliphatic rings. The maximum atomic E-state index is 12.7. The molecule has 2 unspecified atom stereocenters. The molecule has 144 valence electrons. The molecule has 2 heterocycles. The van der Waals surface area contributed by atoms with Crippen LogP contribution in [0.5, 0.6) is 5.75 Å². The summed E-state index contributed by atoms with van der Waals surface area (Å²) in [6, 6.07) is 16.3. The van der Waals surface area contributed by atoms with Crippen molar-refractivity contribution in [2.75, 3.05) is 0 Å². The summed E-state index contributed by atoms with van der Waals surface area (Å²) in [4.78, 5) is 36.2. The Hall–Kier alpha value is -3.94. The van der Waals surface area contributed by atoms with Crippen LogP contribution in [0.2, 0.25) is 0 Å². The molecule has 4 N–H and O–H groups in total. The number of nitrogens with one attached hydrogen (secondary N) is 1. The third-order valence-electron chi connectivity index (χ3n) is 5.22. The smallest absolute Gasteiger partial charge is 0.328 e. The molecule has 8 heteroatoms. The Balaban J connectivity index is 1.69. The van der Waals surface area contributed by atoms with E-state index < -0.39 is 5.91 Å². The van der Waals surface area contributed by atoms with Gasteiger partial charge in [0.25, 0.3) is 5.91 Å². The van der Waals surface area contributed by atoms with Crippen LogP contribution in [0, 0.1) is 0 Å². The van der Waals surface area contributed by atoms with E-state index in [2.05, 4.69) is 15.0 Å². The minimum absolute atomic E-state index is 0.0459. The van der Waals surface area contributed by atoms with Crippen LogP contribution in [0.25, 0.3) is 22.6 Å². The summed E-state index contributed by atoms with van der Waals surface area (Å²) in [7, 11) is 0. The van der Waals surface area contributed by atoms with E-state index in [4.69, 9.17) is 5.73 Å². The van der Waals surface area contributed by atoms with E-state index in [1.807, 2.05) is 30.3 Å². The van der Waals surface area contributed by atoms with Crippen molar-refractivity contribution in [1.82, 2.24) is 19.5 Å². The van der Waals surface area contributed by atoms with Gasteiger partial charge >= 0.3 is 5.69 Å². The Morgan fingerprint density at radius 3 is 2.66 bits per heavy atom. The number of phenols is 1. The fourth-order valence-electron chi connectivity index (χ4n) is 3.79. The Kier molecular flexibility index (Phi) is 3.73. The Labute approximate surface area is 164 Å². The minimum Gasteiger partial charge on any atom is -0.508 e. The van der Waals surface area contributed by atoms with Crippen LogP contribution < -0.4 is 11.4 Å². The average molecular weight is 387 g/mol. The normalized spacial score (nSPS) is 18.1. The minimum atomic E-state index is -0.761. The Morgan fingerprint density at radius 1 is 1.14 bits per heavy atom. The number of carbonyl (C=O) groups is 1. The van der Waals surface area contributed by atoms with E-state index >= 15 is 0 Å². The molecule has 0 saturated heterocycles. The molecule has 5 rings (SSSR count). The first-order chi connectivity index (χ1) is 14.0. The van der Waals surface area contributed by atoms with Gasteiger partial charge in [-0.3, -0.25) is 9.36 Å². The summed E-state index contributed by atoms with van der Waals surface area (Å²) in [6.07, 6.45) is 0.800.